The summed E-state index contributed by atoms with van der Waals surface area (Å²) in [4.78, 5) is 34.2. The van der Waals surface area contributed by atoms with E-state index in [4.69, 9.17) is 14.6 Å². The van der Waals surface area contributed by atoms with Gasteiger partial charge in [-0.15, -0.1) is 0 Å². The Morgan fingerprint density at radius 1 is 1.05 bits per heavy atom. The summed E-state index contributed by atoms with van der Waals surface area (Å²) in [6.07, 6.45) is -0.777. The van der Waals surface area contributed by atoms with Crippen molar-refractivity contribution < 1.29 is 29.0 Å². The minimum Gasteiger partial charge on any atom is -0.480 e. The summed E-state index contributed by atoms with van der Waals surface area (Å²) < 4.78 is 10.5. The molecule has 0 aromatic carbocycles. The fourth-order valence-corrected chi connectivity index (χ4v) is 1.25. The van der Waals surface area contributed by atoms with Crippen LogP contribution in [-0.4, -0.2) is 53.5 Å². The number of alkyl carbamates (subject to hydrolysis) is 1. The Balaban J connectivity index is 4.74. The third-order valence-corrected chi connectivity index (χ3v) is 2.10. The number of amides is 2. The van der Waals surface area contributed by atoms with E-state index in [0.29, 0.717) is 0 Å². The van der Waals surface area contributed by atoms with Crippen LogP contribution in [0.5, 0.6) is 0 Å². The van der Waals surface area contributed by atoms with Crippen LogP contribution in [0.3, 0.4) is 0 Å². The molecule has 0 heterocycles. The Morgan fingerprint density at radius 2 is 1.59 bits per heavy atom. The zero-order chi connectivity index (χ0) is 17.6. The van der Waals surface area contributed by atoms with E-state index < -0.39 is 41.8 Å². The van der Waals surface area contributed by atoms with Gasteiger partial charge in [-0.3, -0.25) is 9.59 Å². The molecule has 3 N–H and O–H groups in total. The van der Waals surface area contributed by atoms with Gasteiger partial charge in [0.2, 0.25) is 5.91 Å². The first-order chi connectivity index (χ1) is 9.80. The van der Waals surface area contributed by atoms with Crippen LogP contribution in [0.4, 0.5) is 4.79 Å². The quantitative estimate of drug-likeness (QED) is 0.670. The van der Waals surface area contributed by atoms with E-state index in [1.54, 1.807) is 41.5 Å². The van der Waals surface area contributed by atoms with Crippen LogP contribution < -0.4 is 10.6 Å². The van der Waals surface area contributed by atoms with Gasteiger partial charge in [0.05, 0.1) is 12.2 Å². The molecule has 0 saturated heterocycles. The number of carbonyl (C=O) groups excluding carboxylic acids is 2. The maximum Gasteiger partial charge on any atom is 0.408 e. The van der Waals surface area contributed by atoms with E-state index in [1.165, 1.54) is 0 Å². The van der Waals surface area contributed by atoms with Gasteiger partial charge in [0.1, 0.15) is 18.2 Å². The van der Waals surface area contributed by atoms with E-state index in [2.05, 4.69) is 10.6 Å². The molecule has 0 unspecified atom stereocenters. The average molecular weight is 318 g/mol. The van der Waals surface area contributed by atoms with Gasteiger partial charge in [0, 0.05) is 0 Å². The Bertz CT molecular complexity index is 409. The zero-order valence-corrected chi connectivity index (χ0v) is 14.0. The Morgan fingerprint density at radius 3 is 2.00 bits per heavy atom. The smallest absolute Gasteiger partial charge is 0.408 e. The molecule has 0 radical (unpaired) electrons. The van der Waals surface area contributed by atoms with Crippen molar-refractivity contribution in [2.24, 2.45) is 0 Å². The summed E-state index contributed by atoms with van der Waals surface area (Å²) in [5, 5.41) is 13.2. The first-order valence-corrected chi connectivity index (χ1v) is 6.93. The first-order valence-electron chi connectivity index (χ1n) is 6.93. The molecular formula is C14H26N2O6. The van der Waals surface area contributed by atoms with Crippen LogP contribution >= 0.6 is 0 Å². The van der Waals surface area contributed by atoms with Crippen molar-refractivity contribution in [3.05, 3.63) is 0 Å². The van der Waals surface area contributed by atoms with Gasteiger partial charge in [-0.25, -0.2) is 4.79 Å². The summed E-state index contributed by atoms with van der Waals surface area (Å²) in [5.74, 6) is -1.83. The van der Waals surface area contributed by atoms with Crippen LogP contribution in [0.1, 0.15) is 41.5 Å². The molecular weight excluding hydrogens is 292 g/mol. The molecule has 0 aliphatic heterocycles. The largest absolute Gasteiger partial charge is 0.480 e. The van der Waals surface area contributed by atoms with Crippen molar-refractivity contribution in [1.29, 1.82) is 0 Å². The highest BCUT2D eigenvalue weighted by Gasteiger charge is 2.26. The Labute approximate surface area is 130 Å². The number of rotatable bonds is 6. The van der Waals surface area contributed by atoms with E-state index in [0.717, 1.165) is 0 Å². The summed E-state index contributed by atoms with van der Waals surface area (Å²) in [5.41, 5.74) is -1.22. The van der Waals surface area contributed by atoms with E-state index >= 15 is 0 Å². The second-order valence-electron chi connectivity index (χ2n) is 6.73. The Kier molecular flexibility index (Phi) is 7.31. The lowest BCUT2D eigenvalue weighted by molar-refractivity contribution is -0.138. The standard InChI is InChI=1S/C14H26N2O6/c1-13(2,3)21-8-9(11(19)15-7-10(17)18)16-12(20)22-14(4,5)6/h9H,7-8H2,1-6H3,(H,15,19)(H,16,20)(H,17,18)/t9-/m0/s1. The summed E-state index contributed by atoms with van der Waals surface area (Å²) in [7, 11) is 0. The van der Waals surface area contributed by atoms with Gasteiger partial charge in [0.25, 0.3) is 0 Å². The highest BCUT2D eigenvalue weighted by molar-refractivity contribution is 5.88. The van der Waals surface area contributed by atoms with Crippen molar-refractivity contribution in [1.82, 2.24) is 10.6 Å². The minimum atomic E-state index is -1.18. The molecule has 128 valence electrons. The van der Waals surface area contributed by atoms with Crippen LogP contribution in [0.2, 0.25) is 0 Å². The predicted molar refractivity (Wildman–Crippen MR) is 79.5 cm³/mol. The molecule has 0 rings (SSSR count). The van der Waals surface area contributed by atoms with Gasteiger partial charge in [-0.05, 0) is 41.5 Å². The van der Waals surface area contributed by atoms with Crippen LogP contribution in [0.15, 0.2) is 0 Å². The second-order valence-corrected chi connectivity index (χ2v) is 6.73. The number of aliphatic carboxylic acids is 1. The van der Waals surface area contributed by atoms with Crippen molar-refractivity contribution in [3.8, 4) is 0 Å². The number of nitrogens with one attached hydrogen (secondary N) is 2. The lowest BCUT2D eigenvalue weighted by atomic mass is 10.2. The minimum absolute atomic E-state index is 0.103. The lowest BCUT2D eigenvalue weighted by Crippen LogP contribution is -2.52. The van der Waals surface area contributed by atoms with Crippen LogP contribution in [0, 0.1) is 0 Å². The van der Waals surface area contributed by atoms with E-state index in [1.807, 2.05) is 0 Å². The number of carboxylic acids is 1. The third kappa shape index (κ3) is 10.9. The van der Waals surface area contributed by atoms with E-state index in [9.17, 15) is 14.4 Å². The average Bonchev–Trinajstić information content (AvgIpc) is 2.27. The normalized spacial score (nSPS) is 13.2. The number of carboxylic acid groups (broad SMARTS) is 1. The molecule has 8 nitrogen and oxygen atoms in total. The number of carbonyl (C=O) groups is 3. The maximum atomic E-state index is 11.9. The van der Waals surface area contributed by atoms with E-state index in [-0.39, 0.29) is 6.61 Å². The van der Waals surface area contributed by atoms with Crippen molar-refractivity contribution in [2.75, 3.05) is 13.2 Å². The fraction of sp³-hybridized carbons (Fsp3) is 0.786. The summed E-state index contributed by atoms with van der Waals surface area (Å²) in [6.45, 7) is 9.83. The fourth-order valence-electron chi connectivity index (χ4n) is 1.25. The second kappa shape index (κ2) is 7.98. The molecule has 2 amide bonds. The van der Waals surface area contributed by atoms with Gasteiger partial charge in [-0.1, -0.05) is 0 Å². The molecule has 0 aliphatic rings. The zero-order valence-electron chi connectivity index (χ0n) is 14.0. The SMILES string of the molecule is CC(C)(C)OC[C@H](NC(=O)OC(C)(C)C)C(=O)NCC(=O)O. The highest BCUT2D eigenvalue weighted by atomic mass is 16.6. The molecule has 0 spiro atoms. The molecule has 0 aliphatic carbocycles. The monoisotopic (exact) mass is 318 g/mol. The van der Waals surface area contributed by atoms with Gasteiger partial charge >= 0.3 is 12.1 Å². The van der Waals surface area contributed by atoms with Gasteiger partial charge in [-0.2, -0.15) is 0 Å². The maximum absolute atomic E-state index is 11.9. The predicted octanol–water partition coefficient (Wildman–Crippen LogP) is 0.896. The van der Waals surface area contributed by atoms with Crippen LogP contribution in [-0.2, 0) is 19.1 Å². The highest BCUT2D eigenvalue weighted by Crippen LogP contribution is 2.09. The van der Waals surface area contributed by atoms with Crippen molar-refractivity contribution in [3.63, 3.8) is 0 Å². The lowest BCUT2D eigenvalue weighted by Gasteiger charge is -2.26. The summed E-state index contributed by atoms with van der Waals surface area (Å²) in [6, 6.07) is -1.05. The molecule has 22 heavy (non-hydrogen) atoms. The van der Waals surface area contributed by atoms with Crippen LogP contribution in [0.25, 0.3) is 0 Å². The number of hydrogen-bond donors (Lipinski definition) is 3. The van der Waals surface area contributed by atoms with Crippen molar-refractivity contribution >= 4 is 18.0 Å². The molecule has 8 heteroatoms. The van der Waals surface area contributed by atoms with Crippen molar-refractivity contribution in [2.45, 2.75) is 58.8 Å². The first kappa shape index (κ1) is 20.2. The number of ether oxygens (including phenoxy) is 2. The molecule has 0 saturated carbocycles. The molecule has 0 aromatic rings. The Hall–Kier alpha value is -1.83. The summed E-state index contributed by atoms with van der Waals surface area (Å²) >= 11 is 0. The topological polar surface area (TPSA) is 114 Å². The third-order valence-electron chi connectivity index (χ3n) is 2.10. The molecule has 1 atom stereocenters. The van der Waals surface area contributed by atoms with Gasteiger partial charge < -0.3 is 25.2 Å². The molecule has 0 fully saturated rings. The molecule has 0 bridgehead atoms. The number of hydrogen-bond acceptors (Lipinski definition) is 5. The molecule has 0 aromatic heterocycles. The van der Waals surface area contributed by atoms with Gasteiger partial charge in [0.15, 0.2) is 0 Å².